The Bertz CT molecular complexity index is 510. The van der Waals surface area contributed by atoms with Crippen molar-refractivity contribution in [3.05, 3.63) is 16.1 Å². The van der Waals surface area contributed by atoms with E-state index >= 15 is 0 Å². The zero-order valence-electron chi connectivity index (χ0n) is 11.8. The van der Waals surface area contributed by atoms with Gasteiger partial charge in [-0.3, -0.25) is 0 Å². The highest BCUT2D eigenvalue weighted by Crippen LogP contribution is 2.19. The predicted molar refractivity (Wildman–Crippen MR) is 71.6 cm³/mol. The number of amides is 1. The van der Waals surface area contributed by atoms with Gasteiger partial charge in [-0.25, -0.2) is 9.78 Å². The largest absolute Gasteiger partial charge is 0.542 e. The van der Waals surface area contributed by atoms with Crippen LogP contribution in [0.15, 0.2) is 5.38 Å². The van der Waals surface area contributed by atoms with E-state index in [-0.39, 0.29) is 17.2 Å². The minimum absolute atomic E-state index is 0.00214. The molecule has 3 N–H and O–H groups in total. The van der Waals surface area contributed by atoms with Crippen molar-refractivity contribution >= 4 is 23.4 Å². The Morgan fingerprint density at radius 1 is 1.48 bits per heavy atom. The first-order chi connectivity index (χ1) is 9.60. The van der Waals surface area contributed by atoms with E-state index in [1.807, 2.05) is 0 Å². The molecule has 0 bridgehead atoms. The lowest BCUT2D eigenvalue weighted by Gasteiger charge is -2.21. The maximum atomic E-state index is 11.4. The first kappa shape index (κ1) is 17.3. The van der Waals surface area contributed by atoms with Crippen LogP contribution >= 0.6 is 11.3 Å². The number of aliphatic hydroxyl groups excluding tert-OH is 2. The van der Waals surface area contributed by atoms with E-state index in [2.05, 4.69) is 10.3 Å². The summed E-state index contributed by atoms with van der Waals surface area (Å²) in [6.45, 7) is 4.80. The maximum absolute atomic E-state index is 11.4. The van der Waals surface area contributed by atoms with Gasteiger partial charge in [0, 0.05) is 11.9 Å². The Morgan fingerprint density at radius 2 is 2.10 bits per heavy atom. The summed E-state index contributed by atoms with van der Waals surface area (Å²) in [6, 6.07) is 0. The Labute approximate surface area is 125 Å². The first-order valence-electron chi connectivity index (χ1n) is 6.10. The molecule has 0 radical (unpaired) electrons. The van der Waals surface area contributed by atoms with Crippen molar-refractivity contribution in [2.24, 2.45) is 0 Å². The normalized spacial score (nSPS) is 14.3. The van der Waals surface area contributed by atoms with Gasteiger partial charge in [0.25, 0.3) is 0 Å². The van der Waals surface area contributed by atoms with Gasteiger partial charge in [-0.15, -0.1) is 11.3 Å². The molecule has 0 saturated heterocycles. The summed E-state index contributed by atoms with van der Waals surface area (Å²) in [6.07, 6.45) is -3.51. The molecular formula is C12H17N2O6S-. The van der Waals surface area contributed by atoms with Crippen LogP contribution < -0.4 is 10.4 Å². The molecule has 0 aliphatic heterocycles. The highest BCUT2D eigenvalue weighted by molar-refractivity contribution is 7.11. The fraction of sp³-hybridized carbons (Fsp3) is 0.583. The third kappa shape index (κ3) is 5.66. The van der Waals surface area contributed by atoms with E-state index in [4.69, 9.17) is 4.74 Å². The molecule has 1 aromatic rings. The Hall–Kier alpha value is -1.71. The summed E-state index contributed by atoms with van der Waals surface area (Å²) in [5.41, 5.74) is -0.677. The number of hydrogen-bond acceptors (Lipinski definition) is 8. The van der Waals surface area contributed by atoms with Crippen molar-refractivity contribution in [1.29, 1.82) is 0 Å². The fourth-order valence-electron chi connectivity index (χ4n) is 1.33. The number of thiazole rings is 1. The van der Waals surface area contributed by atoms with Crippen LogP contribution in [0.3, 0.4) is 0 Å². The predicted octanol–water partition coefficient (Wildman–Crippen LogP) is -0.574. The number of carbonyl (C=O) groups excluding carboxylic acids is 2. The van der Waals surface area contributed by atoms with Gasteiger partial charge in [0.15, 0.2) is 0 Å². The fourth-order valence-corrected chi connectivity index (χ4v) is 2.01. The molecule has 0 aromatic carbocycles. The Kier molecular flexibility index (Phi) is 5.64. The maximum Gasteiger partial charge on any atom is 0.407 e. The average Bonchev–Trinajstić information content (AvgIpc) is 2.82. The summed E-state index contributed by atoms with van der Waals surface area (Å²) in [7, 11) is 0. The average molecular weight is 317 g/mol. The number of nitrogens with one attached hydrogen (secondary N) is 1. The zero-order chi connectivity index (χ0) is 16.2. The number of aliphatic hydroxyl groups is 2. The Balaban J connectivity index is 2.52. The summed E-state index contributed by atoms with van der Waals surface area (Å²) in [4.78, 5) is 25.6. The first-order valence-corrected chi connectivity index (χ1v) is 6.98. The number of nitrogens with zero attached hydrogens (tertiary/aromatic N) is 1. The molecule has 1 amide bonds. The van der Waals surface area contributed by atoms with Crippen LogP contribution in [0.2, 0.25) is 0 Å². The molecule has 1 rings (SSSR count). The Morgan fingerprint density at radius 3 is 2.57 bits per heavy atom. The zero-order valence-corrected chi connectivity index (χ0v) is 12.6. The molecule has 0 aliphatic rings. The second kappa shape index (κ2) is 6.83. The smallest absolute Gasteiger partial charge is 0.407 e. The second-order valence-corrected chi connectivity index (χ2v) is 6.12. The quantitative estimate of drug-likeness (QED) is 0.662. The monoisotopic (exact) mass is 317 g/mol. The number of hydrogen-bond donors (Lipinski definition) is 3. The molecule has 2 unspecified atom stereocenters. The van der Waals surface area contributed by atoms with E-state index in [9.17, 15) is 24.9 Å². The molecule has 9 heteroatoms. The van der Waals surface area contributed by atoms with Gasteiger partial charge in [-0.05, 0) is 20.8 Å². The van der Waals surface area contributed by atoms with Crippen LogP contribution in [0.1, 0.15) is 42.4 Å². The van der Waals surface area contributed by atoms with Gasteiger partial charge in [0.1, 0.15) is 28.8 Å². The van der Waals surface area contributed by atoms with Gasteiger partial charge < -0.3 is 30.2 Å². The second-order valence-electron chi connectivity index (χ2n) is 5.26. The van der Waals surface area contributed by atoms with Crippen molar-refractivity contribution in [2.75, 3.05) is 6.54 Å². The van der Waals surface area contributed by atoms with Gasteiger partial charge in [-0.2, -0.15) is 0 Å². The van der Waals surface area contributed by atoms with Crippen LogP contribution in [-0.2, 0) is 4.74 Å². The van der Waals surface area contributed by atoms with Crippen molar-refractivity contribution in [1.82, 2.24) is 10.3 Å². The molecule has 0 spiro atoms. The molecule has 0 fully saturated rings. The molecule has 1 aromatic heterocycles. The number of carboxylic acids is 1. The minimum atomic E-state index is -1.46. The summed E-state index contributed by atoms with van der Waals surface area (Å²) in [5, 5.41) is 33.4. The third-order valence-electron chi connectivity index (χ3n) is 2.22. The lowest BCUT2D eigenvalue weighted by molar-refractivity contribution is -0.255. The number of carbonyl (C=O) groups is 2. The molecule has 0 saturated carbocycles. The highest BCUT2D eigenvalue weighted by Gasteiger charge is 2.23. The van der Waals surface area contributed by atoms with Gasteiger partial charge >= 0.3 is 6.09 Å². The summed E-state index contributed by atoms with van der Waals surface area (Å²) >= 11 is 0.779. The standard InChI is InChI=1S/C12H18N2O6S/c1-12(2,3)20-11(19)13-4-7(15)8(16)6-5-21-9(14-6)10(17)18/h5,7-8,15-16H,4H2,1-3H3,(H,13,19)(H,17,18)/p-1. The molecule has 1 heterocycles. The number of rotatable bonds is 5. The number of aromatic carboxylic acids is 1. The number of ether oxygens (including phenoxy) is 1. The van der Waals surface area contributed by atoms with Crippen LogP contribution in [0.4, 0.5) is 4.79 Å². The van der Waals surface area contributed by atoms with Crippen molar-refractivity contribution in [3.63, 3.8) is 0 Å². The van der Waals surface area contributed by atoms with Gasteiger partial charge in [-0.1, -0.05) is 0 Å². The topological polar surface area (TPSA) is 132 Å². The van der Waals surface area contributed by atoms with E-state index in [0.717, 1.165) is 11.3 Å². The lowest BCUT2D eigenvalue weighted by atomic mass is 10.1. The molecule has 118 valence electrons. The van der Waals surface area contributed by atoms with Crippen LogP contribution in [0.5, 0.6) is 0 Å². The van der Waals surface area contributed by atoms with Crippen molar-refractivity contribution in [3.8, 4) is 0 Å². The van der Waals surface area contributed by atoms with Gasteiger partial charge in [0.05, 0.1) is 5.69 Å². The van der Waals surface area contributed by atoms with Crippen molar-refractivity contribution in [2.45, 2.75) is 38.6 Å². The van der Waals surface area contributed by atoms with Crippen LogP contribution in [-0.4, -0.2) is 45.5 Å². The van der Waals surface area contributed by atoms with Crippen LogP contribution in [0, 0.1) is 0 Å². The molecule has 8 nitrogen and oxygen atoms in total. The summed E-state index contributed by atoms with van der Waals surface area (Å²) < 4.78 is 4.97. The van der Waals surface area contributed by atoms with E-state index in [1.165, 1.54) is 5.38 Å². The van der Waals surface area contributed by atoms with E-state index in [1.54, 1.807) is 20.8 Å². The number of carboxylic acid groups (broad SMARTS) is 1. The number of alkyl carbamates (subject to hydrolysis) is 1. The minimum Gasteiger partial charge on any atom is -0.542 e. The van der Waals surface area contributed by atoms with Gasteiger partial charge in [0.2, 0.25) is 0 Å². The lowest BCUT2D eigenvalue weighted by Crippen LogP contribution is -2.39. The summed E-state index contributed by atoms with van der Waals surface area (Å²) in [5.74, 6) is -1.46. The van der Waals surface area contributed by atoms with E-state index < -0.39 is 29.9 Å². The van der Waals surface area contributed by atoms with Crippen molar-refractivity contribution < 1.29 is 29.6 Å². The molecule has 2 atom stereocenters. The van der Waals surface area contributed by atoms with Crippen LogP contribution in [0.25, 0.3) is 0 Å². The molecular weight excluding hydrogens is 300 g/mol. The molecule has 21 heavy (non-hydrogen) atoms. The number of aromatic nitrogens is 1. The van der Waals surface area contributed by atoms with E-state index in [0.29, 0.717) is 0 Å². The SMILES string of the molecule is CC(C)(C)OC(=O)NCC(O)C(O)c1csc(C(=O)[O-])n1. The highest BCUT2D eigenvalue weighted by atomic mass is 32.1. The molecule has 0 aliphatic carbocycles. The third-order valence-corrected chi connectivity index (χ3v) is 3.06.